The molecule has 3 aromatic carbocycles. The first kappa shape index (κ1) is 23.2. The van der Waals surface area contributed by atoms with Gasteiger partial charge in [-0.3, -0.25) is 9.69 Å². The number of piperidine rings is 1. The van der Waals surface area contributed by atoms with E-state index in [1.807, 2.05) is 18.2 Å². The summed E-state index contributed by atoms with van der Waals surface area (Å²) >= 11 is 0. The Bertz CT molecular complexity index is 1360. The first-order valence-corrected chi connectivity index (χ1v) is 11.6. The standard InChI is InChI=1S/C28H26F2N2O3/c29-23-6-3-4-19(14-23)18-32-12-10-28(34,11-13-32)22-8-9-25-21(15-22)16-26(35-25)27(33)31-17-20-5-1-2-7-24(20)30/h1-9,14-16,34H,10-13,17-18H2,(H,31,33). The molecule has 2 N–H and O–H groups in total. The van der Waals surface area contributed by atoms with Crippen molar-refractivity contribution >= 4 is 16.9 Å². The Morgan fingerprint density at radius 1 is 1.00 bits per heavy atom. The van der Waals surface area contributed by atoms with Crippen molar-refractivity contribution in [1.82, 2.24) is 10.2 Å². The van der Waals surface area contributed by atoms with Crippen LogP contribution in [0.25, 0.3) is 11.0 Å². The number of carbonyl (C=O) groups is 1. The Kier molecular flexibility index (Phi) is 6.36. The number of carbonyl (C=O) groups excluding carboxylic acids is 1. The van der Waals surface area contributed by atoms with Gasteiger partial charge < -0.3 is 14.8 Å². The monoisotopic (exact) mass is 476 g/mol. The summed E-state index contributed by atoms with van der Waals surface area (Å²) < 4.78 is 33.0. The molecule has 0 aliphatic carbocycles. The molecule has 1 amide bonds. The number of hydrogen-bond acceptors (Lipinski definition) is 4. The summed E-state index contributed by atoms with van der Waals surface area (Å²) in [6.45, 7) is 2.06. The molecule has 1 saturated heterocycles. The summed E-state index contributed by atoms with van der Waals surface area (Å²) in [4.78, 5) is 14.8. The number of aliphatic hydroxyl groups is 1. The molecule has 0 spiro atoms. The first-order chi connectivity index (χ1) is 16.9. The zero-order chi connectivity index (χ0) is 24.4. The molecule has 1 fully saturated rings. The van der Waals surface area contributed by atoms with Gasteiger partial charge in [0.05, 0.1) is 5.60 Å². The van der Waals surface area contributed by atoms with Gasteiger partial charge in [-0.25, -0.2) is 8.78 Å². The van der Waals surface area contributed by atoms with E-state index in [9.17, 15) is 18.7 Å². The van der Waals surface area contributed by atoms with Gasteiger partial charge in [-0.15, -0.1) is 0 Å². The molecule has 5 rings (SSSR count). The summed E-state index contributed by atoms with van der Waals surface area (Å²) in [6.07, 6.45) is 1.09. The number of amides is 1. The third kappa shape index (κ3) is 5.11. The quantitative estimate of drug-likeness (QED) is 0.405. The number of furan rings is 1. The highest BCUT2D eigenvalue weighted by Crippen LogP contribution is 2.35. The second kappa shape index (κ2) is 9.60. The van der Waals surface area contributed by atoms with Gasteiger partial charge in [0.15, 0.2) is 5.76 Å². The Morgan fingerprint density at radius 2 is 1.80 bits per heavy atom. The van der Waals surface area contributed by atoms with E-state index >= 15 is 0 Å². The molecule has 4 aromatic rings. The number of likely N-dealkylation sites (tertiary alicyclic amines) is 1. The highest BCUT2D eigenvalue weighted by molar-refractivity contribution is 5.96. The van der Waals surface area contributed by atoms with Gasteiger partial charge >= 0.3 is 0 Å². The van der Waals surface area contributed by atoms with Crippen LogP contribution in [0.15, 0.2) is 77.2 Å². The Hall–Kier alpha value is -3.55. The van der Waals surface area contributed by atoms with Gasteiger partial charge in [0.2, 0.25) is 0 Å². The molecule has 0 bridgehead atoms. The van der Waals surface area contributed by atoms with Crippen LogP contribution in [0.5, 0.6) is 0 Å². The van der Waals surface area contributed by atoms with Gasteiger partial charge in [0.1, 0.15) is 17.2 Å². The van der Waals surface area contributed by atoms with Gasteiger partial charge in [-0.1, -0.05) is 36.4 Å². The van der Waals surface area contributed by atoms with Crippen molar-refractivity contribution in [2.75, 3.05) is 13.1 Å². The van der Waals surface area contributed by atoms with E-state index in [-0.39, 0.29) is 23.9 Å². The van der Waals surface area contributed by atoms with Crippen molar-refractivity contribution in [2.45, 2.75) is 31.5 Å². The summed E-state index contributed by atoms with van der Waals surface area (Å²) in [5.74, 6) is -0.928. The lowest BCUT2D eigenvalue weighted by atomic mass is 9.84. The lowest BCUT2D eigenvalue weighted by molar-refractivity contribution is -0.0276. The van der Waals surface area contributed by atoms with Gasteiger partial charge in [0.25, 0.3) is 5.91 Å². The summed E-state index contributed by atoms with van der Waals surface area (Å²) in [5, 5.41) is 14.7. The minimum atomic E-state index is -0.989. The molecule has 35 heavy (non-hydrogen) atoms. The Labute approximate surface area is 202 Å². The maximum atomic E-state index is 13.8. The minimum absolute atomic E-state index is 0.0552. The Morgan fingerprint density at radius 3 is 2.57 bits per heavy atom. The molecule has 1 aromatic heterocycles. The summed E-state index contributed by atoms with van der Waals surface area (Å²) in [7, 11) is 0. The topological polar surface area (TPSA) is 65.7 Å². The normalized spacial score (nSPS) is 15.9. The molecule has 180 valence electrons. The minimum Gasteiger partial charge on any atom is -0.451 e. The van der Waals surface area contributed by atoms with Gasteiger partial charge in [-0.2, -0.15) is 0 Å². The number of nitrogens with zero attached hydrogens (tertiary/aromatic N) is 1. The van der Waals surface area contributed by atoms with Crippen LogP contribution in [-0.2, 0) is 18.7 Å². The van der Waals surface area contributed by atoms with Crippen LogP contribution in [0.2, 0.25) is 0 Å². The smallest absolute Gasteiger partial charge is 0.287 e. The van der Waals surface area contributed by atoms with Crippen LogP contribution in [0.3, 0.4) is 0 Å². The number of benzene rings is 3. The molecule has 0 atom stereocenters. The van der Waals surface area contributed by atoms with Crippen LogP contribution in [-0.4, -0.2) is 29.0 Å². The fraction of sp³-hybridized carbons (Fsp3) is 0.250. The van der Waals surface area contributed by atoms with E-state index in [4.69, 9.17) is 4.42 Å². The van der Waals surface area contributed by atoms with Crippen LogP contribution < -0.4 is 5.32 Å². The lowest BCUT2D eigenvalue weighted by Gasteiger charge is -2.38. The fourth-order valence-electron chi connectivity index (χ4n) is 4.61. The van der Waals surface area contributed by atoms with Crippen molar-refractivity contribution in [3.8, 4) is 0 Å². The van der Waals surface area contributed by atoms with E-state index in [1.54, 1.807) is 36.4 Å². The highest BCUT2D eigenvalue weighted by Gasteiger charge is 2.34. The molecule has 1 aliphatic heterocycles. The summed E-state index contributed by atoms with van der Waals surface area (Å²) in [5.41, 5.74) is 1.63. The van der Waals surface area contributed by atoms with Crippen LogP contribution in [0.1, 0.15) is 40.1 Å². The van der Waals surface area contributed by atoms with Crippen molar-refractivity contribution in [1.29, 1.82) is 0 Å². The van der Waals surface area contributed by atoms with Gasteiger partial charge in [0, 0.05) is 37.1 Å². The Balaban J connectivity index is 1.25. The first-order valence-electron chi connectivity index (χ1n) is 11.6. The largest absolute Gasteiger partial charge is 0.451 e. The fourth-order valence-corrected chi connectivity index (χ4v) is 4.61. The average Bonchev–Trinajstić information content (AvgIpc) is 3.29. The number of hydrogen-bond donors (Lipinski definition) is 2. The predicted molar refractivity (Wildman–Crippen MR) is 129 cm³/mol. The van der Waals surface area contributed by atoms with Crippen molar-refractivity contribution in [3.63, 3.8) is 0 Å². The molecule has 2 heterocycles. The van der Waals surface area contributed by atoms with Crippen molar-refractivity contribution < 1.29 is 23.1 Å². The highest BCUT2D eigenvalue weighted by atomic mass is 19.1. The molecular formula is C28H26F2N2O3. The van der Waals surface area contributed by atoms with E-state index in [1.165, 1.54) is 18.2 Å². The van der Waals surface area contributed by atoms with Crippen molar-refractivity contribution in [2.24, 2.45) is 0 Å². The number of rotatable bonds is 6. The second-order valence-electron chi connectivity index (χ2n) is 9.07. The third-order valence-electron chi connectivity index (χ3n) is 6.65. The van der Waals surface area contributed by atoms with E-state index in [2.05, 4.69) is 10.2 Å². The number of nitrogens with one attached hydrogen (secondary N) is 1. The SMILES string of the molecule is O=C(NCc1ccccc1F)c1cc2cc(C3(O)CCN(Cc4cccc(F)c4)CC3)ccc2o1. The van der Waals surface area contributed by atoms with Crippen LogP contribution >= 0.6 is 0 Å². The summed E-state index contributed by atoms with van der Waals surface area (Å²) in [6, 6.07) is 19.9. The molecule has 5 nitrogen and oxygen atoms in total. The number of fused-ring (bicyclic) bond motifs is 1. The third-order valence-corrected chi connectivity index (χ3v) is 6.65. The van der Waals surface area contributed by atoms with Gasteiger partial charge in [-0.05, 0) is 60.4 Å². The molecule has 7 heteroatoms. The molecule has 0 saturated carbocycles. The van der Waals surface area contributed by atoms with E-state index in [0.717, 1.165) is 11.1 Å². The van der Waals surface area contributed by atoms with Crippen molar-refractivity contribution in [3.05, 3.63) is 107 Å². The van der Waals surface area contributed by atoms with E-state index < -0.39 is 11.5 Å². The zero-order valence-corrected chi connectivity index (χ0v) is 19.1. The molecule has 0 radical (unpaired) electrons. The number of halogens is 2. The van der Waals surface area contributed by atoms with E-state index in [0.29, 0.717) is 49.0 Å². The maximum Gasteiger partial charge on any atom is 0.287 e. The zero-order valence-electron chi connectivity index (χ0n) is 19.1. The second-order valence-corrected chi connectivity index (χ2v) is 9.07. The lowest BCUT2D eigenvalue weighted by Crippen LogP contribution is -2.42. The molecule has 1 aliphatic rings. The van der Waals surface area contributed by atoms with Crippen LogP contribution in [0.4, 0.5) is 8.78 Å². The molecule has 0 unspecified atom stereocenters. The van der Waals surface area contributed by atoms with Crippen LogP contribution in [0, 0.1) is 11.6 Å². The predicted octanol–water partition coefficient (Wildman–Crippen LogP) is 5.12. The average molecular weight is 477 g/mol. The maximum absolute atomic E-state index is 13.8. The molecular weight excluding hydrogens is 450 g/mol.